The highest BCUT2D eigenvalue weighted by atomic mass is 19.1. The standard InChI is InChI=1S/C23H21FN4O4/c1-3-32-22(30)15(2)27-14-25-20-19(27)21(29)26(13-16-7-5-4-6-8-16)23(31)28(20)18-11-9-17(24)10-12-18/h4-12,14-15H,3,13H2,1-2H3/t15-/m0/s1. The van der Waals surface area contributed by atoms with E-state index in [0.717, 1.165) is 10.1 Å². The molecule has 0 amide bonds. The summed E-state index contributed by atoms with van der Waals surface area (Å²) in [7, 11) is 0. The number of carbonyl (C=O) groups is 1. The Labute approximate surface area is 182 Å². The molecule has 32 heavy (non-hydrogen) atoms. The molecule has 0 spiro atoms. The number of esters is 1. The van der Waals surface area contributed by atoms with Crippen LogP contribution in [0.5, 0.6) is 0 Å². The van der Waals surface area contributed by atoms with Gasteiger partial charge in [0.25, 0.3) is 5.56 Å². The second kappa shape index (κ2) is 8.62. The van der Waals surface area contributed by atoms with Gasteiger partial charge in [-0.05, 0) is 43.7 Å². The quantitative estimate of drug-likeness (QED) is 0.434. The smallest absolute Gasteiger partial charge is 0.337 e. The van der Waals surface area contributed by atoms with E-state index in [1.165, 1.54) is 39.7 Å². The number of imidazole rings is 1. The molecule has 0 N–H and O–H groups in total. The molecule has 0 unspecified atom stereocenters. The first-order valence-electron chi connectivity index (χ1n) is 10.1. The number of halogens is 1. The van der Waals surface area contributed by atoms with Crippen molar-refractivity contribution in [2.45, 2.75) is 26.4 Å². The normalized spacial score (nSPS) is 12.1. The van der Waals surface area contributed by atoms with Gasteiger partial charge in [-0.3, -0.25) is 9.36 Å². The van der Waals surface area contributed by atoms with Gasteiger partial charge >= 0.3 is 11.7 Å². The molecule has 0 fully saturated rings. The van der Waals surface area contributed by atoms with Crippen LogP contribution in [0.2, 0.25) is 0 Å². The van der Waals surface area contributed by atoms with E-state index < -0.39 is 29.1 Å². The lowest BCUT2D eigenvalue weighted by atomic mass is 10.2. The summed E-state index contributed by atoms with van der Waals surface area (Å²) >= 11 is 0. The fourth-order valence-electron chi connectivity index (χ4n) is 3.55. The zero-order valence-electron chi connectivity index (χ0n) is 17.6. The maximum atomic E-state index is 13.5. The third-order valence-corrected chi connectivity index (χ3v) is 5.17. The summed E-state index contributed by atoms with van der Waals surface area (Å²) in [6.07, 6.45) is 1.33. The van der Waals surface area contributed by atoms with E-state index in [4.69, 9.17) is 4.74 Å². The Bertz CT molecular complexity index is 1390. The molecule has 0 saturated heterocycles. The first-order valence-corrected chi connectivity index (χ1v) is 10.1. The molecular weight excluding hydrogens is 415 g/mol. The molecule has 2 aromatic heterocycles. The minimum Gasteiger partial charge on any atom is -0.464 e. The van der Waals surface area contributed by atoms with Crippen molar-refractivity contribution in [1.82, 2.24) is 18.7 Å². The van der Waals surface area contributed by atoms with Crippen LogP contribution >= 0.6 is 0 Å². The zero-order valence-corrected chi connectivity index (χ0v) is 17.6. The highest BCUT2D eigenvalue weighted by Crippen LogP contribution is 2.18. The monoisotopic (exact) mass is 436 g/mol. The van der Waals surface area contributed by atoms with Crippen LogP contribution < -0.4 is 11.2 Å². The Morgan fingerprint density at radius 3 is 2.44 bits per heavy atom. The maximum Gasteiger partial charge on any atom is 0.337 e. The van der Waals surface area contributed by atoms with Gasteiger partial charge in [0, 0.05) is 0 Å². The van der Waals surface area contributed by atoms with Crippen LogP contribution in [-0.4, -0.2) is 31.3 Å². The summed E-state index contributed by atoms with van der Waals surface area (Å²) in [5.74, 6) is -0.988. The number of fused-ring (bicyclic) bond motifs is 1. The Hall–Kier alpha value is -4.01. The van der Waals surface area contributed by atoms with Crippen LogP contribution in [0.15, 0.2) is 70.5 Å². The van der Waals surface area contributed by atoms with Gasteiger partial charge in [-0.1, -0.05) is 30.3 Å². The molecule has 2 heterocycles. The fourth-order valence-corrected chi connectivity index (χ4v) is 3.55. The molecule has 0 bridgehead atoms. The average molecular weight is 436 g/mol. The van der Waals surface area contributed by atoms with Crippen molar-refractivity contribution < 1.29 is 13.9 Å². The lowest BCUT2D eigenvalue weighted by Gasteiger charge is -2.15. The topological polar surface area (TPSA) is 88.1 Å². The number of rotatable bonds is 6. The van der Waals surface area contributed by atoms with E-state index in [0.29, 0.717) is 5.69 Å². The van der Waals surface area contributed by atoms with E-state index in [9.17, 15) is 18.8 Å². The summed E-state index contributed by atoms with van der Waals surface area (Å²) in [5.41, 5.74) is 0.0452. The summed E-state index contributed by atoms with van der Waals surface area (Å²) < 4.78 is 22.3. The van der Waals surface area contributed by atoms with Gasteiger partial charge in [-0.25, -0.2) is 23.5 Å². The highest BCUT2D eigenvalue weighted by molar-refractivity contribution is 5.79. The number of hydrogen-bond acceptors (Lipinski definition) is 5. The molecule has 0 saturated carbocycles. The van der Waals surface area contributed by atoms with Crippen LogP contribution in [0.3, 0.4) is 0 Å². The molecule has 0 aliphatic heterocycles. The van der Waals surface area contributed by atoms with Crippen LogP contribution in [0.4, 0.5) is 4.39 Å². The molecule has 4 rings (SSSR count). The maximum absolute atomic E-state index is 13.5. The van der Waals surface area contributed by atoms with Crippen molar-refractivity contribution >= 4 is 17.1 Å². The second-order valence-corrected chi connectivity index (χ2v) is 7.22. The number of ether oxygens (including phenoxy) is 1. The average Bonchev–Trinajstić information content (AvgIpc) is 3.23. The Kier molecular flexibility index (Phi) is 5.72. The molecule has 0 aliphatic rings. The van der Waals surface area contributed by atoms with Gasteiger partial charge in [0.05, 0.1) is 25.2 Å². The largest absolute Gasteiger partial charge is 0.464 e. The number of nitrogens with zero attached hydrogens (tertiary/aromatic N) is 4. The summed E-state index contributed by atoms with van der Waals surface area (Å²) in [4.78, 5) is 43.4. The van der Waals surface area contributed by atoms with Crippen LogP contribution in [0.1, 0.15) is 25.5 Å². The fraction of sp³-hybridized carbons (Fsp3) is 0.217. The predicted molar refractivity (Wildman–Crippen MR) is 116 cm³/mol. The third-order valence-electron chi connectivity index (χ3n) is 5.17. The molecular formula is C23H21FN4O4. The molecule has 2 aromatic carbocycles. The van der Waals surface area contributed by atoms with E-state index in [-0.39, 0.29) is 24.3 Å². The van der Waals surface area contributed by atoms with Gasteiger partial charge < -0.3 is 9.30 Å². The second-order valence-electron chi connectivity index (χ2n) is 7.22. The minimum atomic E-state index is -0.836. The number of hydrogen-bond donors (Lipinski definition) is 0. The van der Waals surface area contributed by atoms with Crippen LogP contribution in [-0.2, 0) is 16.1 Å². The highest BCUT2D eigenvalue weighted by Gasteiger charge is 2.24. The molecule has 164 valence electrons. The first kappa shape index (κ1) is 21.2. The molecule has 1 atom stereocenters. The Morgan fingerprint density at radius 2 is 1.78 bits per heavy atom. The predicted octanol–water partition coefficient (Wildman–Crippen LogP) is 2.66. The Balaban J connectivity index is 2.01. The molecule has 9 heteroatoms. The van der Waals surface area contributed by atoms with E-state index in [1.807, 2.05) is 18.2 Å². The minimum absolute atomic E-state index is 0.0224. The molecule has 4 aromatic rings. The number of benzene rings is 2. The first-order chi connectivity index (χ1) is 15.4. The van der Waals surface area contributed by atoms with Gasteiger partial charge in [0.15, 0.2) is 11.2 Å². The van der Waals surface area contributed by atoms with Crippen molar-refractivity contribution in [2.24, 2.45) is 0 Å². The lowest BCUT2D eigenvalue weighted by Crippen LogP contribution is -2.40. The van der Waals surface area contributed by atoms with Crippen molar-refractivity contribution in [2.75, 3.05) is 6.61 Å². The van der Waals surface area contributed by atoms with Gasteiger partial charge in [0.2, 0.25) is 0 Å². The Morgan fingerprint density at radius 1 is 1.09 bits per heavy atom. The van der Waals surface area contributed by atoms with Crippen LogP contribution in [0, 0.1) is 5.82 Å². The van der Waals surface area contributed by atoms with Crippen molar-refractivity contribution in [3.05, 3.63) is 93.1 Å². The van der Waals surface area contributed by atoms with Gasteiger partial charge in [-0.2, -0.15) is 0 Å². The van der Waals surface area contributed by atoms with Crippen molar-refractivity contribution in [3.8, 4) is 5.69 Å². The van der Waals surface area contributed by atoms with Crippen molar-refractivity contribution in [3.63, 3.8) is 0 Å². The number of aromatic nitrogens is 4. The van der Waals surface area contributed by atoms with Crippen molar-refractivity contribution in [1.29, 1.82) is 0 Å². The van der Waals surface area contributed by atoms with Gasteiger partial charge in [-0.15, -0.1) is 0 Å². The van der Waals surface area contributed by atoms with E-state index in [1.54, 1.807) is 26.0 Å². The molecule has 8 nitrogen and oxygen atoms in total. The zero-order chi connectivity index (χ0) is 22.8. The molecule has 0 radical (unpaired) electrons. The SMILES string of the molecule is CCOC(=O)[C@H](C)n1cnc2c1c(=O)n(Cc1ccccc1)c(=O)n2-c1ccc(F)cc1. The van der Waals surface area contributed by atoms with E-state index in [2.05, 4.69) is 4.98 Å². The lowest BCUT2D eigenvalue weighted by molar-refractivity contribution is -0.146. The summed E-state index contributed by atoms with van der Waals surface area (Å²) in [6, 6.07) is 13.5. The molecule has 0 aliphatic carbocycles. The van der Waals surface area contributed by atoms with Crippen LogP contribution in [0.25, 0.3) is 16.9 Å². The summed E-state index contributed by atoms with van der Waals surface area (Å²) in [5, 5.41) is 0. The van der Waals surface area contributed by atoms with Gasteiger partial charge in [0.1, 0.15) is 11.9 Å². The third kappa shape index (κ3) is 3.73. The summed E-state index contributed by atoms with van der Waals surface area (Å²) in [6.45, 7) is 3.49. The van der Waals surface area contributed by atoms with E-state index >= 15 is 0 Å². The number of carbonyl (C=O) groups excluding carboxylic acids is 1.